The molecule has 0 amide bonds. The Hall–Kier alpha value is -0.770. The van der Waals surface area contributed by atoms with Gasteiger partial charge in [0, 0.05) is 26.5 Å². The fourth-order valence-corrected chi connectivity index (χ4v) is 2.84. The topological polar surface area (TPSA) is 28.7 Å². The first kappa shape index (κ1) is 10.4. The van der Waals surface area contributed by atoms with E-state index in [-0.39, 0.29) is 0 Å². The highest BCUT2D eigenvalue weighted by Crippen LogP contribution is 2.33. The number of pyridine rings is 1. The number of aromatic nitrogens is 2. The van der Waals surface area contributed by atoms with Gasteiger partial charge in [0.1, 0.15) is 5.65 Å². The van der Waals surface area contributed by atoms with E-state index in [4.69, 9.17) is 23.2 Å². The Morgan fingerprint density at radius 1 is 1.06 bits per heavy atom. The number of fused-ring (bicyclic) bond motifs is 3. The van der Waals surface area contributed by atoms with Gasteiger partial charge >= 0.3 is 0 Å². The van der Waals surface area contributed by atoms with E-state index < -0.39 is 0 Å². The maximum atomic E-state index is 6.02. The zero-order valence-corrected chi connectivity index (χ0v) is 11.0. The van der Waals surface area contributed by atoms with Crippen LogP contribution in [-0.2, 0) is 0 Å². The van der Waals surface area contributed by atoms with Crippen molar-refractivity contribution in [2.45, 2.75) is 0 Å². The van der Waals surface area contributed by atoms with Gasteiger partial charge in [-0.2, -0.15) is 0 Å². The van der Waals surface area contributed by atoms with Gasteiger partial charge in [-0.1, -0.05) is 23.2 Å². The Morgan fingerprint density at radius 3 is 2.62 bits per heavy atom. The molecule has 0 aliphatic rings. The van der Waals surface area contributed by atoms with Crippen LogP contribution < -0.4 is 0 Å². The van der Waals surface area contributed by atoms with Gasteiger partial charge in [0.05, 0.1) is 10.5 Å². The van der Waals surface area contributed by atoms with Crippen molar-refractivity contribution in [1.29, 1.82) is 0 Å². The average Bonchev–Trinajstić information content (AvgIpc) is 2.57. The van der Waals surface area contributed by atoms with Crippen LogP contribution in [-0.4, -0.2) is 9.97 Å². The van der Waals surface area contributed by atoms with E-state index in [1.807, 2.05) is 18.2 Å². The fourth-order valence-electron chi connectivity index (χ4n) is 1.78. The summed E-state index contributed by atoms with van der Waals surface area (Å²) in [4.78, 5) is 7.46. The normalized spacial score (nSPS) is 11.4. The molecule has 1 N–H and O–H groups in total. The van der Waals surface area contributed by atoms with E-state index in [2.05, 4.69) is 25.9 Å². The van der Waals surface area contributed by atoms with E-state index in [0.717, 1.165) is 26.4 Å². The molecule has 0 aliphatic carbocycles. The molecule has 0 bridgehead atoms. The number of rotatable bonds is 0. The van der Waals surface area contributed by atoms with Gasteiger partial charge in [0.2, 0.25) is 0 Å². The number of aromatic amines is 1. The molecule has 3 rings (SSSR count). The van der Waals surface area contributed by atoms with Gasteiger partial charge in [0.25, 0.3) is 0 Å². The van der Waals surface area contributed by atoms with Crippen molar-refractivity contribution in [2.24, 2.45) is 0 Å². The second-order valence-corrected chi connectivity index (χ2v) is 5.21. The van der Waals surface area contributed by atoms with Crippen LogP contribution in [0.4, 0.5) is 0 Å². The molecule has 0 fully saturated rings. The highest BCUT2D eigenvalue weighted by molar-refractivity contribution is 9.10. The summed E-state index contributed by atoms with van der Waals surface area (Å²) in [6.45, 7) is 0. The van der Waals surface area contributed by atoms with Gasteiger partial charge in [-0.25, -0.2) is 4.98 Å². The van der Waals surface area contributed by atoms with Crippen molar-refractivity contribution in [2.75, 3.05) is 0 Å². The SMILES string of the molecule is Clc1cnc2[nH]c3c(Br)cc(Cl)cc3c2c1. The molecule has 0 saturated carbocycles. The summed E-state index contributed by atoms with van der Waals surface area (Å²) in [7, 11) is 0. The van der Waals surface area contributed by atoms with E-state index >= 15 is 0 Å². The third kappa shape index (κ3) is 1.51. The average molecular weight is 316 g/mol. The lowest BCUT2D eigenvalue weighted by molar-refractivity contribution is 1.34. The lowest BCUT2D eigenvalue weighted by atomic mass is 10.2. The first-order chi connectivity index (χ1) is 7.65. The van der Waals surface area contributed by atoms with Crippen LogP contribution in [0.25, 0.3) is 21.9 Å². The Balaban J connectivity index is 2.57. The molecule has 16 heavy (non-hydrogen) atoms. The number of H-pyrrole nitrogens is 1. The minimum Gasteiger partial charge on any atom is -0.338 e. The minimum absolute atomic E-state index is 0.615. The van der Waals surface area contributed by atoms with Crippen LogP contribution in [0.3, 0.4) is 0 Å². The first-order valence-electron chi connectivity index (χ1n) is 4.57. The third-order valence-electron chi connectivity index (χ3n) is 2.44. The minimum atomic E-state index is 0.615. The molecular weight excluding hydrogens is 311 g/mol. The van der Waals surface area contributed by atoms with Crippen LogP contribution in [0, 0.1) is 0 Å². The number of hydrogen-bond donors (Lipinski definition) is 1. The first-order valence-corrected chi connectivity index (χ1v) is 6.12. The predicted molar refractivity (Wildman–Crippen MR) is 71.3 cm³/mol. The number of halogens is 3. The molecule has 5 heteroatoms. The largest absolute Gasteiger partial charge is 0.338 e. The maximum Gasteiger partial charge on any atom is 0.138 e. The van der Waals surface area contributed by atoms with Crippen molar-refractivity contribution in [1.82, 2.24) is 9.97 Å². The van der Waals surface area contributed by atoms with E-state index in [1.165, 1.54) is 0 Å². The Bertz CT molecular complexity index is 706. The van der Waals surface area contributed by atoms with E-state index in [0.29, 0.717) is 10.0 Å². The van der Waals surface area contributed by atoms with Crippen LogP contribution in [0.15, 0.2) is 28.9 Å². The van der Waals surface area contributed by atoms with Crippen LogP contribution >= 0.6 is 39.1 Å². The second kappa shape index (κ2) is 3.62. The van der Waals surface area contributed by atoms with Crippen molar-refractivity contribution >= 4 is 61.1 Å². The van der Waals surface area contributed by atoms with Crippen LogP contribution in [0.5, 0.6) is 0 Å². The van der Waals surface area contributed by atoms with E-state index in [9.17, 15) is 0 Å². The lowest BCUT2D eigenvalue weighted by Gasteiger charge is -1.95. The predicted octanol–water partition coefficient (Wildman–Crippen LogP) is 4.79. The van der Waals surface area contributed by atoms with Gasteiger partial charge in [0.15, 0.2) is 0 Å². The van der Waals surface area contributed by atoms with Crippen molar-refractivity contribution < 1.29 is 0 Å². The summed E-state index contributed by atoms with van der Waals surface area (Å²) in [6.07, 6.45) is 1.62. The number of hydrogen-bond acceptors (Lipinski definition) is 1. The Morgan fingerprint density at radius 2 is 1.81 bits per heavy atom. The Kier molecular flexibility index (Phi) is 2.35. The molecule has 80 valence electrons. The van der Waals surface area contributed by atoms with Crippen LogP contribution in [0.2, 0.25) is 10.0 Å². The molecule has 0 saturated heterocycles. The molecule has 0 unspecified atom stereocenters. The maximum absolute atomic E-state index is 6.02. The van der Waals surface area contributed by atoms with E-state index in [1.54, 1.807) is 6.20 Å². The van der Waals surface area contributed by atoms with Gasteiger partial charge in [-0.05, 0) is 34.1 Å². The highest BCUT2D eigenvalue weighted by atomic mass is 79.9. The van der Waals surface area contributed by atoms with Crippen molar-refractivity contribution in [3.05, 3.63) is 38.9 Å². The van der Waals surface area contributed by atoms with Crippen molar-refractivity contribution in [3.8, 4) is 0 Å². The zero-order chi connectivity index (χ0) is 11.3. The zero-order valence-electron chi connectivity index (χ0n) is 7.89. The third-order valence-corrected chi connectivity index (χ3v) is 3.49. The number of benzene rings is 1. The summed E-state index contributed by atoms with van der Waals surface area (Å²) >= 11 is 15.4. The Labute approximate surface area is 110 Å². The smallest absolute Gasteiger partial charge is 0.138 e. The molecule has 1 aromatic carbocycles. The second-order valence-electron chi connectivity index (χ2n) is 3.48. The van der Waals surface area contributed by atoms with Gasteiger partial charge in [-0.3, -0.25) is 0 Å². The molecule has 0 radical (unpaired) electrons. The summed E-state index contributed by atoms with van der Waals surface area (Å²) in [6, 6.07) is 5.63. The standard InChI is InChI=1S/C11H5BrCl2N2/c12-9-3-5(13)1-7-8-2-6(14)4-15-11(8)16-10(7)9/h1-4H,(H,15,16). The summed E-state index contributed by atoms with van der Waals surface area (Å²) in [5, 5.41) is 3.29. The van der Waals surface area contributed by atoms with Gasteiger partial charge < -0.3 is 4.98 Å². The molecule has 0 atom stereocenters. The monoisotopic (exact) mass is 314 g/mol. The van der Waals surface area contributed by atoms with Crippen LogP contribution in [0.1, 0.15) is 0 Å². The molecule has 2 nitrogen and oxygen atoms in total. The molecule has 3 aromatic rings. The molecule has 2 heterocycles. The molecular formula is C11H5BrCl2N2. The molecule has 2 aromatic heterocycles. The summed E-state index contributed by atoms with van der Waals surface area (Å²) < 4.78 is 0.920. The highest BCUT2D eigenvalue weighted by Gasteiger charge is 2.09. The van der Waals surface area contributed by atoms with Crippen molar-refractivity contribution in [3.63, 3.8) is 0 Å². The number of nitrogens with one attached hydrogen (secondary N) is 1. The number of nitrogens with zero attached hydrogens (tertiary/aromatic N) is 1. The quantitative estimate of drug-likeness (QED) is 0.635. The molecule has 0 spiro atoms. The fraction of sp³-hybridized carbons (Fsp3) is 0. The molecule has 0 aliphatic heterocycles. The van der Waals surface area contributed by atoms with Gasteiger partial charge in [-0.15, -0.1) is 0 Å². The lowest BCUT2D eigenvalue weighted by Crippen LogP contribution is -1.74. The summed E-state index contributed by atoms with van der Waals surface area (Å²) in [5.41, 5.74) is 1.79. The summed E-state index contributed by atoms with van der Waals surface area (Å²) in [5.74, 6) is 0.